The fourth-order valence-corrected chi connectivity index (χ4v) is 4.08. The minimum absolute atomic E-state index is 0.383. The fraction of sp³-hybridized carbons (Fsp3) is 0.611. The number of nitrogens with zero attached hydrogens (tertiary/aromatic N) is 2. The number of cyclic esters (lactones) is 1. The van der Waals surface area contributed by atoms with Crippen LogP contribution in [0.3, 0.4) is 0 Å². The number of carbonyl (C=O) groups is 1. The molecule has 1 aromatic carbocycles. The van der Waals surface area contributed by atoms with Crippen LogP contribution in [0.2, 0.25) is 0 Å². The molecular formula is C18H26N2O5S. The van der Waals surface area contributed by atoms with Gasteiger partial charge in [-0.15, -0.1) is 0 Å². The van der Waals surface area contributed by atoms with E-state index in [1.807, 2.05) is 6.07 Å². The summed E-state index contributed by atoms with van der Waals surface area (Å²) in [5.74, 6) is 0.383. The molecular weight excluding hydrogens is 356 g/mol. The molecule has 1 aromatic rings. The zero-order chi connectivity index (χ0) is 18.7. The Labute approximate surface area is 155 Å². The van der Waals surface area contributed by atoms with E-state index in [1.165, 1.54) is 5.56 Å². The van der Waals surface area contributed by atoms with E-state index >= 15 is 0 Å². The van der Waals surface area contributed by atoms with Crippen LogP contribution < -0.4 is 0 Å². The molecule has 0 aliphatic carbocycles. The van der Waals surface area contributed by atoms with Crippen molar-refractivity contribution < 1.29 is 22.1 Å². The van der Waals surface area contributed by atoms with Gasteiger partial charge in [0.2, 0.25) is 6.29 Å². The van der Waals surface area contributed by atoms with E-state index in [0.717, 1.165) is 38.7 Å². The summed E-state index contributed by atoms with van der Waals surface area (Å²) in [6.45, 7) is 5.24. The highest BCUT2D eigenvalue weighted by Gasteiger charge is 2.42. The van der Waals surface area contributed by atoms with Crippen LogP contribution in [0, 0.1) is 5.92 Å². The third-order valence-electron chi connectivity index (χ3n) is 5.02. The molecule has 2 heterocycles. The molecule has 144 valence electrons. The highest BCUT2D eigenvalue weighted by Crippen LogP contribution is 2.26. The van der Waals surface area contributed by atoms with Gasteiger partial charge in [-0.25, -0.2) is 8.98 Å². The van der Waals surface area contributed by atoms with E-state index in [2.05, 4.69) is 29.2 Å². The van der Waals surface area contributed by atoms with Gasteiger partial charge >= 0.3 is 6.09 Å². The Kier molecular flexibility index (Phi) is 5.84. The van der Waals surface area contributed by atoms with Crippen LogP contribution >= 0.6 is 0 Å². The molecule has 2 fully saturated rings. The first-order chi connectivity index (χ1) is 12.3. The van der Waals surface area contributed by atoms with Gasteiger partial charge in [0, 0.05) is 13.1 Å². The Hall–Kier alpha value is -1.64. The number of benzene rings is 1. The quantitative estimate of drug-likeness (QED) is 0.701. The lowest BCUT2D eigenvalue weighted by molar-refractivity contribution is -0.00787. The molecule has 0 saturated carbocycles. The van der Waals surface area contributed by atoms with Gasteiger partial charge in [0.25, 0.3) is 10.1 Å². The predicted octanol–water partition coefficient (Wildman–Crippen LogP) is 2.04. The van der Waals surface area contributed by atoms with Crippen molar-refractivity contribution >= 4 is 16.2 Å². The summed E-state index contributed by atoms with van der Waals surface area (Å²) in [6.07, 6.45) is 1.40. The highest BCUT2D eigenvalue weighted by atomic mass is 32.2. The number of hydrogen-bond donors (Lipinski definition) is 0. The molecule has 3 rings (SSSR count). The molecule has 7 nitrogen and oxygen atoms in total. The lowest BCUT2D eigenvalue weighted by Gasteiger charge is -2.34. The number of likely N-dealkylation sites (tertiary alicyclic amines) is 1. The molecule has 0 bridgehead atoms. The summed E-state index contributed by atoms with van der Waals surface area (Å²) in [6, 6.07) is 9.98. The van der Waals surface area contributed by atoms with Gasteiger partial charge in [0.1, 0.15) is 0 Å². The largest absolute Gasteiger partial charge is 0.416 e. The van der Waals surface area contributed by atoms with Crippen LogP contribution in [0.15, 0.2) is 30.3 Å². The minimum atomic E-state index is -3.67. The average molecular weight is 382 g/mol. The molecule has 0 radical (unpaired) electrons. The van der Waals surface area contributed by atoms with Crippen LogP contribution in [0.25, 0.3) is 0 Å². The SMILES string of the molecule is CC1C(OS(C)(=O)=O)OC(=O)N1CC1CCN(Cc2ccccc2)CC1. The van der Waals surface area contributed by atoms with Crippen molar-refractivity contribution in [1.29, 1.82) is 0 Å². The van der Waals surface area contributed by atoms with E-state index < -0.39 is 28.5 Å². The zero-order valence-electron chi connectivity index (χ0n) is 15.2. The lowest BCUT2D eigenvalue weighted by atomic mass is 9.95. The maximum absolute atomic E-state index is 12.1. The van der Waals surface area contributed by atoms with Gasteiger partial charge in [-0.05, 0) is 44.3 Å². The average Bonchev–Trinajstić information content (AvgIpc) is 2.83. The summed E-state index contributed by atoms with van der Waals surface area (Å²) in [4.78, 5) is 16.1. The van der Waals surface area contributed by atoms with Crippen LogP contribution in [0.4, 0.5) is 4.79 Å². The maximum Gasteiger partial charge on any atom is 0.412 e. The highest BCUT2D eigenvalue weighted by molar-refractivity contribution is 7.86. The summed E-state index contributed by atoms with van der Waals surface area (Å²) >= 11 is 0. The molecule has 2 aliphatic rings. The Balaban J connectivity index is 1.49. The minimum Gasteiger partial charge on any atom is -0.416 e. The predicted molar refractivity (Wildman–Crippen MR) is 96.8 cm³/mol. The summed E-state index contributed by atoms with van der Waals surface area (Å²) < 4.78 is 32.5. The van der Waals surface area contributed by atoms with E-state index in [0.29, 0.717) is 12.5 Å². The number of ether oxygens (including phenoxy) is 1. The Morgan fingerprint density at radius 1 is 1.19 bits per heavy atom. The third-order valence-corrected chi connectivity index (χ3v) is 5.56. The number of carbonyl (C=O) groups excluding carboxylic acids is 1. The first-order valence-corrected chi connectivity index (χ1v) is 10.8. The second kappa shape index (κ2) is 7.94. The van der Waals surface area contributed by atoms with Gasteiger partial charge in [0.05, 0.1) is 12.3 Å². The number of amides is 1. The monoisotopic (exact) mass is 382 g/mol. The van der Waals surface area contributed by atoms with Crippen LogP contribution in [0.5, 0.6) is 0 Å². The summed E-state index contributed by atoms with van der Waals surface area (Å²) in [7, 11) is -3.67. The summed E-state index contributed by atoms with van der Waals surface area (Å²) in [5, 5.41) is 0. The van der Waals surface area contributed by atoms with Crippen molar-refractivity contribution in [2.24, 2.45) is 5.92 Å². The molecule has 26 heavy (non-hydrogen) atoms. The molecule has 0 N–H and O–H groups in total. The van der Waals surface area contributed by atoms with Crippen LogP contribution in [0.1, 0.15) is 25.3 Å². The maximum atomic E-state index is 12.1. The molecule has 0 aromatic heterocycles. The number of piperidine rings is 1. The number of hydrogen-bond acceptors (Lipinski definition) is 6. The molecule has 0 spiro atoms. The van der Waals surface area contributed by atoms with E-state index in [9.17, 15) is 13.2 Å². The van der Waals surface area contributed by atoms with Crippen molar-refractivity contribution in [1.82, 2.24) is 9.80 Å². The van der Waals surface area contributed by atoms with Gasteiger partial charge in [0.15, 0.2) is 0 Å². The Morgan fingerprint density at radius 2 is 1.85 bits per heavy atom. The normalized spacial score (nSPS) is 25.5. The molecule has 2 atom stereocenters. The van der Waals surface area contributed by atoms with Crippen molar-refractivity contribution in [2.45, 2.75) is 38.6 Å². The van der Waals surface area contributed by atoms with Gasteiger partial charge < -0.3 is 4.74 Å². The molecule has 8 heteroatoms. The van der Waals surface area contributed by atoms with Gasteiger partial charge in [-0.3, -0.25) is 9.80 Å². The smallest absolute Gasteiger partial charge is 0.412 e. The molecule has 2 unspecified atom stereocenters. The topological polar surface area (TPSA) is 76.2 Å². The second-order valence-corrected chi connectivity index (χ2v) is 8.75. The van der Waals surface area contributed by atoms with Crippen LogP contribution in [-0.4, -0.2) is 62.5 Å². The van der Waals surface area contributed by atoms with Crippen molar-refractivity contribution in [3.63, 3.8) is 0 Å². The molecule has 2 aliphatic heterocycles. The van der Waals surface area contributed by atoms with Crippen molar-refractivity contribution in [3.05, 3.63) is 35.9 Å². The van der Waals surface area contributed by atoms with E-state index in [1.54, 1.807) is 11.8 Å². The standard InChI is InChI=1S/C18H26N2O5S/c1-14-17(25-26(2,22)23)24-18(21)20(14)13-16-8-10-19(11-9-16)12-15-6-4-3-5-7-15/h3-7,14,16-17H,8-13H2,1-2H3. The zero-order valence-corrected chi connectivity index (χ0v) is 16.0. The molecule has 1 amide bonds. The third kappa shape index (κ3) is 4.96. The van der Waals surface area contributed by atoms with E-state index in [-0.39, 0.29) is 0 Å². The van der Waals surface area contributed by atoms with Crippen LogP contribution in [-0.2, 0) is 25.6 Å². The van der Waals surface area contributed by atoms with Gasteiger partial charge in [-0.1, -0.05) is 30.3 Å². The van der Waals surface area contributed by atoms with Crippen molar-refractivity contribution in [2.75, 3.05) is 25.9 Å². The first-order valence-electron chi connectivity index (χ1n) is 8.93. The second-order valence-electron chi connectivity index (χ2n) is 7.15. The van der Waals surface area contributed by atoms with Crippen molar-refractivity contribution in [3.8, 4) is 0 Å². The van der Waals surface area contributed by atoms with E-state index in [4.69, 9.17) is 8.92 Å². The fourth-order valence-electron chi connectivity index (χ4n) is 3.54. The summed E-state index contributed by atoms with van der Waals surface area (Å²) in [5.41, 5.74) is 1.31. The first kappa shape index (κ1) is 19.1. The Bertz CT molecular complexity index is 716. The lowest BCUT2D eigenvalue weighted by Crippen LogP contribution is -2.42. The molecule has 2 saturated heterocycles. The van der Waals surface area contributed by atoms with Gasteiger partial charge in [-0.2, -0.15) is 8.42 Å². The number of rotatable bonds is 6. The Morgan fingerprint density at radius 3 is 2.46 bits per heavy atom.